The van der Waals surface area contributed by atoms with E-state index in [1.165, 1.54) is 6.20 Å². The number of hydrogen-bond donors (Lipinski definition) is 4. The fourth-order valence-electron chi connectivity index (χ4n) is 2.22. The number of nitrogens with one attached hydrogen (secondary N) is 1. The second-order valence-corrected chi connectivity index (χ2v) is 4.44. The molecular formula is C11H13N3O5. The molecule has 4 atom stereocenters. The molecule has 0 saturated carbocycles. The molecule has 4 N–H and O–H groups in total. The smallest absolute Gasteiger partial charge is 0.351 e. The van der Waals surface area contributed by atoms with Crippen molar-refractivity contribution in [2.24, 2.45) is 0 Å². The molecule has 3 heterocycles. The first-order chi connectivity index (χ1) is 9.11. The summed E-state index contributed by atoms with van der Waals surface area (Å²) in [6.45, 7) is -0.441. The second kappa shape index (κ2) is 4.42. The number of aromatic amines is 1. The first kappa shape index (κ1) is 12.3. The Morgan fingerprint density at radius 3 is 2.89 bits per heavy atom. The molecule has 19 heavy (non-hydrogen) atoms. The Bertz CT molecular complexity index is 651. The number of nitrogens with zero attached hydrogens (tertiary/aromatic N) is 2. The zero-order chi connectivity index (χ0) is 13.6. The molecule has 0 radical (unpaired) electrons. The molecule has 1 aliphatic rings. The minimum Gasteiger partial charge on any atom is -0.394 e. The van der Waals surface area contributed by atoms with Crippen LogP contribution in [0.1, 0.15) is 6.23 Å². The van der Waals surface area contributed by atoms with Gasteiger partial charge in [-0.05, 0) is 6.07 Å². The summed E-state index contributed by atoms with van der Waals surface area (Å²) in [5.74, 6) is 0. The quantitative estimate of drug-likeness (QED) is 0.516. The Balaban J connectivity index is 2.04. The number of rotatable bonds is 2. The lowest BCUT2D eigenvalue weighted by Crippen LogP contribution is -2.35. The topological polar surface area (TPSA) is 121 Å². The van der Waals surface area contributed by atoms with Crippen molar-refractivity contribution in [3.63, 3.8) is 0 Å². The zero-order valence-corrected chi connectivity index (χ0v) is 9.80. The van der Waals surface area contributed by atoms with Gasteiger partial charge in [0.1, 0.15) is 24.0 Å². The van der Waals surface area contributed by atoms with E-state index in [0.29, 0.717) is 11.0 Å². The van der Waals surface area contributed by atoms with Gasteiger partial charge in [0.05, 0.1) is 6.61 Å². The molecule has 0 unspecified atom stereocenters. The number of aliphatic hydroxyl groups is 3. The Labute approximate surface area is 106 Å². The lowest BCUT2D eigenvalue weighted by Gasteiger charge is -2.16. The number of fused-ring (bicyclic) bond motifs is 1. The molecule has 0 aromatic carbocycles. The van der Waals surface area contributed by atoms with Crippen molar-refractivity contribution in [2.45, 2.75) is 24.5 Å². The molecule has 2 aromatic heterocycles. The Morgan fingerprint density at radius 2 is 2.21 bits per heavy atom. The number of aromatic nitrogens is 3. The van der Waals surface area contributed by atoms with Crippen molar-refractivity contribution in [3.8, 4) is 0 Å². The molecule has 8 heteroatoms. The van der Waals surface area contributed by atoms with Gasteiger partial charge in [-0.15, -0.1) is 0 Å². The molecule has 0 spiro atoms. The van der Waals surface area contributed by atoms with Crippen LogP contribution in [0.25, 0.3) is 11.0 Å². The predicted molar refractivity (Wildman–Crippen MR) is 63.4 cm³/mol. The SMILES string of the molecule is O=c1nc2[nH]ccc2cn1[C@H]1O[C@@H](CO)[C@H](O)[C@@H]1O. The molecule has 1 fully saturated rings. The van der Waals surface area contributed by atoms with Gasteiger partial charge in [0, 0.05) is 17.8 Å². The van der Waals surface area contributed by atoms with Crippen LogP contribution < -0.4 is 5.69 Å². The van der Waals surface area contributed by atoms with E-state index in [-0.39, 0.29) is 0 Å². The van der Waals surface area contributed by atoms with Crippen molar-refractivity contribution >= 4 is 11.0 Å². The number of hydrogen-bond acceptors (Lipinski definition) is 6. The van der Waals surface area contributed by atoms with E-state index < -0.39 is 36.8 Å². The summed E-state index contributed by atoms with van der Waals surface area (Å²) in [5, 5.41) is 29.3. The van der Waals surface area contributed by atoms with Crippen LogP contribution in [0, 0.1) is 0 Å². The third kappa shape index (κ3) is 1.85. The fraction of sp³-hybridized carbons (Fsp3) is 0.455. The van der Waals surface area contributed by atoms with E-state index >= 15 is 0 Å². The summed E-state index contributed by atoms with van der Waals surface area (Å²) in [6, 6.07) is 1.72. The highest BCUT2D eigenvalue weighted by atomic mass is 16.6. The third-order valence-corrected chi connectivity index (χ3v) is 3.25. The van der Waals surface area contributed by atoms with Gasteiger partial charge in [-0.25, -0.2) is 4.79 Å². The van der Waals surface area contributed by atoms with Crippen molar-refractivity contribution in [1.29, 1.82) is 0 Å². The van der Waals surface area contributed by atoms with E-state index in [1.54, 1.807) is 12.3 Å². The van der Waals surface area contributed by atoms with Crippen LogP contribution in [0.3, 0.4) is 0 Å². The molecule has 102 valence electrons. The molecule has 1 aliphatic heterocycles. The first-order valence-electron chi connectivity index (χ1n) is 5.80. The Kier molecular flexibility index (Phi) is 2.86. The number of ether oxygens (including phenoxy) is 1. The van der Waals surface area contributed by atoms with Crippen LogP contribution in [0.2, 0.25) is 0 Å². The Morgan fingerprint density at radius 1 is 1.42 bits per heavy atom. The van der Waals surface area contributed by atoms with Crippen molar-refractivity contribution in [3.05, 3.63) is 28.9 Å². The fourth-order valence-corrected chi connectivity index (χ4v) is 2.22. The van der Waals surface area contributed by atoms with E-state index in [0.717, 1.165) is 4.57 Å². The normalized spacial score (nSPS) is 31.1. The lowest BCUT2D eigenvalue weighted by atomic mass is 10.1. The highest BCUT2D eigenvalue weighted by Gasteiger charge is 2.43. The number of aliphatic hydroxyl groups excluding tert-OH is 3. The maximum absolute atomic E-state index is 11.9. The van der Waals surface area contributed by atoms with Gasteiger partial charge in [0.25, 0.3) is 0 Å². The van der Waals surface area contributed by atoms with Gasteiger partial charge in [-0.2, -0.15) is 4.98 Å². The van der Waals surface area contributed by atoms with Gasteiger partial charge in [0.15, 0.2) is 6.23 Å². The van der Waals surface area contributed by atoms with E-state index in [1.807, 2.05) is 0 Å². The van der Waals surface area contributed by atoms with Gasteiger partial charge in [-0.3, -0.25) is 4.57 Å². The summed E-state index contributed by atoms with van der Waals surface area (Å²) in [6.07, 6.45) is -1.41. The minimum atomic E-state index is -1.30. The number of H-pyrrole nitrogens is 1. The summed E-state index contributed by atoms with van der Waals surface area (Å²) in [5.41, 5.74) is -0.169. The van der Waals surface area contributed by atoms with Crippen LogP contribution in [-0.4, -0.2) is 54.8 Å². The van der Waals surface area contributed by atoms with Crippen LogP contribution >= 0.6 is 0 Å². The molecule has 3 rings (SSSR count). The van der Waals surface area contributed by atoms with Crippen molar-refractivity contribution in [2.75, 3.05) is 6.61 Å². The molecule has 1 saturated heterocycles. The first-order valence-corrected chi connectivity index (χ1v) is 5.80. The summed E-state index contributed by atoms with van der Waals surface area (Å²) in [7, 11) is 0. The predicted octanol–water partition coefficient (Wildman–Crippen LogP) is -1.66. The van der Waals surface area contributed by atoms with Crippen molar-refractivity contribution in [1.82, 2.24) is 14.5 Å². The maximum Gasteiger partial charge on any atom is 0.351 e. The standard InChI is InChI=1S/C11H13N3O5/c15-4-6-7(16)8(17)10(19-6)14-3-5-1-2-12-9(5)13-11(14)18/h1-3,6-8,10,15-17H,4H2,(H,12,13,18)/t6-,7-,8-,10-/m0/s1. The van der Waals surface area contributed by atoms with Crippen LogP contribution in [0.4, 0.5) is 0 Å². The molecule has 2 aromatic rings. The highest BCUT2D eigenvalue weighted by Crippen LogP contribution is 2.28. The van der Waals surface area contributed by atoms with Gasteiger partial charge < -0.3 is 25.0 Å². The van der Waals surface area contributed by atoms with Gasteiger partial charge in [-0.1, -0.05) is 0 Å². The average molecular weight is 267 g/mol. The van der Waals surface area contributed by atoms with Gasteiger partial charge >= 0.3 is 5.69 Å². The van der Waals surface area contributed by atoms with E-state index in [9.17, 15) is 15.0 Å². The van der Waals surface area contributed by atoms with Crippen LogP contribution in [0.15, 0.2) is 23.3 Å². The lowest BCUT2D eigenvalue weighted by molar-refractivity contribution is -0.0547. The summed E-state index contributed by atoms with van der Waals surface area (Å²) < 4.78 is 6.40. The zero-order valence-electron chi connectivity index (χ0n) is 9.80. The van der Waals surface area contributed by atoms with Crippen LogP contribution in [0.5, 0.6) is 0 Å². The monoisotopic (exact) mass is 267 g/mol. The minimum absolute atomic E-state index is 0.438. The molecule has 0 bridgehead atoms. The summed E-state index contributed by atoms with van der Waals surface area (Å²) >= 11 is 0. The Hall–Kier alpha value is -1.74. The molecule has 8 nitrogen and oxygen atoms in total. The molecule has 0 amide bonds. The third-order valence-electron chi connectivity index (χ3n) is 3.25. The van der Waals surface area contributed by atoms with Gasteiger partial charge in [0.2, 0.25) is 0 Å². The molecular weight excluding hydrogens is 254 g/mol. The summed E-state index contributed by atoms with van der Waals surface area (Å²) in [4.78, 5) is 18.5. The second-order valence-electron chi connectivity index (χ2n) is 4.44. The van der Waals surface area contributed by atoms with E-state index in [4.69, 9.17) is 9.84 Å². The average Bonchev–Trinajstić information content (AvgIpc) is 2.95. The largest absolute Gasteiger partial charge is 0.394 e. The molecule has 0 aliphatic carbocycles. The van der Waals surface area contributed by atoms with Crippen molar-refractivity contribution < 1.29 is 20.1 Å². The highest BCUT2D eigenvalue weighted by molar-refractivity contribution is 5.73. The maximum atomic E-state index is 11.9. The van der Waals surface area contributed by atoms with E-state index in [2.05, 4.69) is 9.97 Å². The van der Waals surface area contributed by atoms with Crippen LogP contribution in [-0.2, 0) is 4.74 Å².